The van der Waals surface area contributed by atoms with E-state index in [4.69, 9.17) is 19.1 Å². The van der Waals surface area contributed by atoms with Crippen LogP contribution in [0.2, 0.25) is 19.6 Å². The number of hydrogen-bond donors (Lipinski definition) is 0. The van der Waals surface area contributed by atoms with Gasteiger partial charge in [-0.05, 0) is 99.9 Å². The first-order chi connectivity index (χ1) is 35.2. The van der Waals surface area contributed by atoms with Crippen molar-refractivity contribution in [3.63, 3.8) is 0 Å². The summed E-state index contributed by atoms with van der Waals surface area (Å²) in [4.78, 5) is 21.3. The summed E-state index contributed by atoms with van der Waals surface area (Å²) in [6.07, 6.45) is 7.07. The molecular formula is C63H62FIrN5SSi-2. The first kappa shape index (κ1) is 47.1. The van der Waals surface area contributed by atoms with E-state index >= 15 is 0 Å². The van der Waals surface area contributed by atoms with Crippen molar-refractivity contribution in [3.05, 3.63) is 180 Å². The zero-order chi connectivity index (χ0) is 52.3. The fourth-order valence-corrected chi connectivity index (χ4v) is 12.4. The molecule has 1 fully saturated rings. The normalized spacial score (nSPS) is 14.4. The second kappa shape index (κ2) is 20.5. The average molecular weight is 1160 g/mol. The minimum Gasteiger partial charge on any atom is -0.331 e. The molecule has 5 aromatic carbocycles. The summed E-state index contributed by atoms with van der Waals surface area (Å²) < 4.78 is 39.5. The van der Waals surface area contributed by atoms with Crippen LogP contribution in [-0.4, -0.2) is 32.6 Å². The first-order valence-electron chi connectivity index (χ1n) is 26.3. The molecule has 1 atom stereocenters. The minimum atomic E-state index is -2.33. The van der Waals surface area contributed by atoms with Crippen molar-refractivity contribution in [3.8, 4) is 50.6 Å². The van der Waals surface area contributed by atoms with Gasteiger partial charge in [0.25, 0.3) is 0 Å². The van der Waals surface area contributed by atoms with Crippen LogP contribution in [0.25, 0.3) is 81.9 Å². The van der Waals surface area contributed by atoms with Crippen molar-refractivity contribution in [2.24, 2.45) is 5.92 Å². The van der Waals surface area contributed by atoms with E-state index in [1.54, 1.807) is 23.6 Å². The number of aromatic nitrogens is 5. The Morgan fingerprint density at radius 3 is 2.07 bits per heavy atom. The molecule has 1 radical (unpaired) electrons. The Kier molecular flexibility index (Phi) is 13.4. The standard InChI is InChI=1S/C48H45N4S.C15H17FNSi.Ir/c1-29-26-42-43(31(3)49-29)52(44-39(33-18-9-7-10-19-33)27-35(48(4,5)6)28-40(44)34-20-11-8-12-21-34)46(50-42)38-23-15-22-36-37-24-25-41(51-47(37)53-45(36)38)30(2)32-16-13-14-17-32;1-11-5-7-13(14(16)9-11)15-8-6-12(10-17-15)18(2,3)4;/h7-12,15,18-22,24-28,30,32H,13-14,16-17H2,1-6H3;5-6,8-10H,1-4H3;/q2*-1;/i;1D3;. The number of benzene rings is 5. The SMILES string of the molecule is Cc1cc2nc(-c3[c-]ccc4c3sc3nc(C(C)C5CCCC5)ccc34)n(-c3c(-c4ccccc4)cc(C(C)(C)C)cc3-c3ccccc3)c2c(C)n1.[2H]C([2H])([2H])c1c[c-]c(-c2ccc([Si](C)(C)C)cn2)c(F)c1.[Ir]. The van der Waals surface area contributed by atoms with Crippen molar-refractivity contribution < 1.29 is 28.6 Å². The summed E-state index contributed by atoms with van der Waals surface area (Å²) in [5, 5.41) is 3.58. The molecule has 0 spiro atoms. The smallest absolute Gasteiger partial charge is 0.114 e. The van der Waals surface area contributed by atoms with Gasteiger partial charge in [-0.25, -0.2) is 4.98 Å². The van der Waals surface area contributed by atoms with Crippen LogP contribution < -0.4 is 5.19 Å². The maximum Gasteiger partial charge on any atom is 0.114 e. The molecular weight excluding hydrogens is 1100 g/mol. The minimum absolute atomic E-state index is 0. The van der Waals surface area contributed by atoms with Gasteiger partial charge in [0.2, 0.25) is 0 Å². The van der Waals surface area contributed by atoms with E-state index in [-0.39, 0.29) is 36.6 Å². The van der Waals surface area contributed by atoms with E-state index in [9.17, 15) is 4.39 Å². The van der Waals surface area contributed by atoms with Gasteiger partial charge in [0.15, 0.2) is 0 Å². The number of halogens is 1. The third kappa shape index (κ3) is 10.1. The molecule has 9 heteroatoms. The number of fused-ring (bicyclic) bond motifs is 4. The van der Waals surface area contributed by atoms with Gasteiger partial charge in [-0.3, -0.25) is 14.4 Å². The van der Waals surface area contributed by atoms with E-state index in [0.717, 1.165) is 83.3 Å². The molecule has 10 aromatic rings. The molecule has 72 heavy (non-hydrogen) atoms. The molecule has 5 nitrogen and oxygen atoms in total. The molecule has 0 saturated heterocycles. The number of imidazole rings is 1. The molecule has 1 aliphatic carbocycles. The quantitative estimate of drug-likeness (QED) is 0.112. The molecule has 5 aromatic heterocycles. The van der Waals surface area contributed by atoms with E-state index in [0.29, 0.717) is 11.6 Å². The number of rotatable bonds is 8. The van der Waals surface area contributed by atoms with Gasteiger partial charge in [-0.1, -0.05) is 162 Å². The molecule has 367 valence electrons. The van der Waals surface area contributed by atoms with Crippen LogP contribution in [0.15, 0.2) is 134 Å². The van der Waals surface area contributed by atoms with E-state index in [1.807, 2.05) is 6.07 Å². The third-order valence-corrected chi connectivity index (χ3v) is 17.4. The van der Waals surface area contributed by atoms with Crippen LogP contribution in [0.4, 0.5) is 4.39 Å². The Labute approximate surface area is 447 Å². The molecule has 1 unspecified atom stereocenters. The van der Waals surface area contributed by atoms with Crippen molar-refractivity contribution in [1.82, 2.24) is 24.5 Å². The molecule has 0 amide bonds. The van der Waals surface area contributed by atoms with Gasteiger partial charge >= 0.3 is 0 Å². The second-order valence-corrected chi connectivity index (χ2v) is 27.4. The third-order valence-electron chi connectivity index (χ3n) is 14.2. The Hall–Kier alpha value is -5.96. The van der Waals surface area contributed by atoms with E-state index in [1.165, 1.54) is 59.0 Å². The fourth-order valence-electron chi connectivity index (χ4n) is 10.2. The Balaban J connectivity index is 0.000000264. The maximum atomic E-state index is 14.1. The molecule has 1 aliphatic rings. The molecule has 11 rings (SSSR count). The predicted molar refractivity (Wildman–Crippen MR) is 299 cm³/mol. The van der Waals surface area contributed by atoms with Crippen molar-refractivity contribution in [1.29, 1.82) is 0 Å². The molecule has 0 aliphatic heterocycles. The van der Waals surface area contributed by atoms with Crippen LogP contribution in [-0.2, 0) is 25.5 Å². The number of pyridine rings is 3. The van der Waals surface area contributed by atoms with Gasteiger partial charge in [0.1, 0.15) is 4.83 Å². The zero-order valence-electron chi connectivity index (χ0n) is 45.5. The Morgan fingerprint density at radius 1 is 0.792 bits per heavy atom. The summed E-state index contributed by atoms with van der Waals surface area (Å²) in [6.45, 7) is 17.7. The number of thiophene rings is 1. The summed E-state index contributed by atoms with van der Waals surface area (Å²) in [7, 11) is -1.45. The largest absolute Gasteiger partial charge is 0.331 e. The van der Waals surface area contributed by atoms with Crippen molar-refractivity contribution >= 4 is 55.9 Å². The fraction of sp³-hybridized carbons (Fsp3) is 0.270. The zero-order valence-corrected chi connectivity index (χ0v) is 46.8. The number of aryl methyl sites for hydroxylation is 3. The van der Waals surface area contributed by atoms with Crippen LogP contribution in [0.5, 0.6) is 0 Å². The summed E-state index contributed by atoms with van der Waals surface area (Å²) in [5.74, 6) is 1.44. The maximum absolute atomic E-state index is 14.1. The topological polar surface area (TPSA) is 56.5 Å². The Morgan fingerprint density at radius 2 is 1.47 bits per heavy atom. The average Bonchev–Trinajstić information content (AvgIpc) is 4.15. The summed E-state index contributed by atoms with van der Waals surface area (Å²) in [6, 6.07) is 49.8. The van der Waals surface area contributed by atoms with Crippen LogP contribution >= 0.6 is 11.3 Å². The van der Waals surface area contributed by atoms with Gasteiger partial charge in [0, 0.05) is 64.7 Å². The molecule has 5 heterocycles. The van der Waals surface area contributed by atoms with Crippen LogP contribution in [0, 0.1) is 44.6 Å². The number of hydrogen-bond acceptors (Lipinski definition) is 5. The van der Waals surface area contributed by atoms with Gasteiger partial charge in [-0.15, -0.1) is 42.0 Å². The molecule has 0 bridgehead atoms. The number of nitrogens with zero attached hydrogens (tertiary/aromatic N) is 5. The van der Waals surface area contributed by atoms with Gasteiger partial charge in [-0.2, -0.15) is 11.3 Å². The monoisotopic (exact) mass is 1160 g/mol. The molecule has 0 N–H and O–H groups in total. The summed E-state index contributed by atoms with van der Waals surface area (Å²) in [5.41, 5.74) is 13.6. The predicted octanol–water partition coefficient (Wildman–Crippen LogP) is 16.7. The van der Waals surface area contributed by atoms with Crippen LogP contribution in [0.1, 0.15) is 91.6 Å². The Bertz CT molecular complexity index is 3630. The summed E-state index contributed by atoms with van der Waals surface area (Å²) >= 11 is 1.77. The van der Waals surface area contributed by atoms with Crippen molar-refractivity contribution in [2.75, 3.05) is 0 Å². The van der Waals surface area contributed by atoms with Gasteiger partial charge < -0.3 is 9.55 Å². The van der Waals surface area contributed by atoms with Gasteiger partial charge in [0.05, 0.1) is 36.3 Å². The first-order valence-corrected chi connectivity index (χ1v) is 29.2. The molecule has 1 saturated carbocycles. The van der Waals surface area contributed by atoms with E-state index in [2.05, 4.69) is 186 Å². The van der Waals surface area contributed by atoms with E-state index < -0.39 is 20.7 Å². The van der Waals surface area contributed by atoms with Crippen LogP contribution in [0.3, 0.4) is 0 Å². The second-order valence-electron chi connectivity index (χ2n) is 21.3. The van der Waals surface area contributed by atoms with Crippen molar-refractivity contribution in [2.45, 2.75) is 105 Å².